The molecular weight excluding hydrogens is 263 g/mol. The molecule has 2 amide bonds. The van der Waals surface area contributed by atoms with Crippen molar-refractivity contribution < 1.29 is 9.59 Å². The number of hydrogen-bond acceptors (Lipinski definition) is 2. The maximum atomic E-state index is 10.3. The zero-order valence-electron chi connectivity index (χ0n) is 10.7. The van der Waals surface area contributed by atoms with Crippen molar-refractivity contribution in [1.29, 1.82) is 0 Å². The minimum atomic E-state index is -0.333. The zero-order valence-corrected chi connectivity index (χ0v) is 12.4. The van der Waals surface area contributed by atoms with Gasteiger partial charge in [0, 0.05) is 13.3 Å². The molecule has 0 aromatic rings. The highest BCUT2D eigenvalue weighted by Crippen LogP contribution is 2.05. The van der Waals surface area contributed by atoms with E-state index < -0.39 is 0 Å². The third-order valence-corrected chi connectivity index (χ3v) is 1.78. The van der Waals surface area contributed by atoms with Gasteiger partial charge in [-0.1, -0.05) is 39.0 Å². The Morgan fingerprint density at radius 3 is 1.59 bits per heavy atom. The average Bonchev–Trinajstić information content (AvgIpc) is 2.09. The zero-order chi connectivity index (χ0) is 12.1. The molecule has 0 saturated carbocycles. The molecule has 0 fully saturated rings. The summed E-state index contributed by atoms with van der Waals surface area (Å²) >= 11 is 0. The van der Waals surface area contributed by atoms with Crippen molar-refractivity contribution in [3.05, 3.63) is 0 Å². The van der Waals surface area contributed by atoms with Gasteiger partial charge >= 0.3 is 0 Å². The predicted octanol–water partition coefficient (Wildman–Crippen LogP) is 2.56. The lowest BCUT2D eigenvalue weighted by Crippen LogP contribution is -2.09. The monoisotopic (exact) mass is 288 g/mol. The van der Waals surface area contributed by atoms with Gasteiger partial charge in [0.05, 0.1) is 0 Å². The third-order valence-electron chi connectivity index (χ3n) is 1.78. The highest BCUT2D eigenvalue weighted by Gasteiger charge is 1.93. The molecule has 4 N–H and O–H groups in total. The van der Waals surface area contributed by atoms with Gasteiger partial charge in [-0.15, -0.1) is 24.8 Å². The number of hydrogen-bond donors (Lipinski definition) is 2. The number of unbranched alkanes of at least 4 members (excludes halogenated alkanes) is 5. The molecule has 0 radical (unpaired) electrons. The van der Waals surface area contributed by atoms with Crippen molar-refractivity contribution in [3.63, 3.8) is 0 Å². The number of halogens is 2. The summed E-state index contributed by atoms with van der Waals surface area (Å²) < 4.78 is 0. The average molecular weight is 289 g/mol. The van der Waals surface area contributed by atoms with Crippen LogP contribution in [0.4, 0.5) is 0 Å². The summed E-state index contributed by atoms with van der Waals surface area (Å²) in [5.74, 6) is -0.500. The number of rotatable bonds is 7. The summed E-state index contributed by atoms with van der Waals surface area (Å²) in [4.78, 5) is 19.5. The Labute approximate surface area is 117 Å². The number of carbonyl (C=O) groups excluding carboxylic acids is 2. The second-order valence-corrected chi connectivity index (χ2v) is 3.59. The Bertz CT molecular complexity index is 175. The molecule has 0 atom stereocenters. The summed E-state index contributed by atoms with van der Waals surface area (Å²) in [7, 11) is 0. The molecule has 106 valence electrons. The van der Waals surface area contributed by atoms with Gasteiger partial charge in [-0.3, -0.25) is 9.59 Å². The Kier molecular flexibility index (Phi) is 31.2. The van der Waals surface area contributed by atoms with Crippen molar-refractivity contribution in [2.45, 2.75) is 58.8 Å². The lowest BCUT2D eigenvalue weighted by atomic mass is 10.1. The van der Waals surface area contributed by atoms with Crippen LogP contribution in [0.25, 0.3) is 0 Å². The van der Waals surface area contributed by atoms with Gasteiger partial charge in [0.1, 0.15) is 0 Å². The standard InChI is InChI=1S/C9H19NO.C2H5NO.2ClH/c1-2-3-4-5-6-7-8-9(10)11;1-2(3)4;;/h2-8H2,1H3,(H2,10,11);1H3,(H2,3,4);2*1H. The van der Waals surface area contributed by atoms with E-state index in [4.69, 9.17) is 5.73 Å². The Balaban J connectivity index is -0.000000123. The first-order chi connectivity index (χ1) is 7.00. The van der Waals surface area contributed by atoms with Crippen LogP contribution in [-0.4, -0.2) is 11.8 Å². The first kappa shape index (κ1) is 25.4. The molecule has 0 aliphatic heterocycles. The second-order valence-electron chi connectivity index (χ2n) is 3.59. The smallest absolute Gasteiger partial charge is 0.217 e. The number of amides is 2. The van der Waals surface area contributed by atoms with Crippen LogP contribution in [0.5, 0.6) is 0 Å². The molecule has 0 spiro atoms. The summed E-state index contributed by atoms with van der Waals surface area (Å²) in [6.07, 6.45) is 7.83. The van der Waals surface area contributed by atoms with E-state index in [9.17, 15) is 9.59 Å². The van der Waals surface area contributed by atoms with E-state index in [1.165, 1.54) is 32.6 Å². The van der Waals surface area contributed by atoms with Gasteiger partial charge in [-0.25, -0.2) is 0 Å². The van der Waals surface area contributed by atoms with Crippen LogP contribution >= 0.6 is 24.8 Å². The van der Waals surface area contributed by atoms with Crippen molar-refractivity contribution in [1.82, 2.24) is 0 Å². The second kappa shape index (κ2) is 20.9. The van der Waals surface area contributed by atoms with Crippen LogP contribution < -0.4 is 11.5 Å². The topological polar surface area (TPSA) is 86.2 Å². The van der Waals surface area contributed by atoms with Gasteiger partial charge < -0.3 is 11.5 Å². The molecule has 0 aliphatic rings. The van der Waals surface area contributed by atoms with E-state index in [2.05, 4.69) is 12.7 Å². The summed E-state index contributed by atoms with van der Waals surface area (Å²) in [6, 6.07) is 0. The lowest BCUT2D eigenvalue weighted by molar-refractivity contribution is -0.118. The highest BCUT2D eigenvalue weighted by atomic mass is 35.5. The molecule has 0 aromatic carbocycles. The minimum absolute atomic E-state index is 0. The van der Waals surface area contributed by atoms with E-state index in [0.29, 0.717) is 6.42 Å². The third kappa shape index (κ3) is 50.2. The van der Waals surface area contributed by atoms with Gasteiger partial charge in [0.25, 0.3) is 0 Å². The predicted molar refractivity (Wildman–Crippen MR) is 76.6 cm³/mol. The first-order valence-corrected chi connectivity index (χ1v) is 5.55. The highest BCUT2D eigenvalue weighted by molar-refractivity contribution is 5.85. The Morgan fingerprint density at radius 2 is 1.24 bits per heavy atom. The Morgan fingerprint density at radius 1 is 0.882 bits per heavy atom. The molecule has 0 heterocycles. The minimum Gasteiger partial charge on any atom is -0.370 e. The van der Waals surface area contributed by atoms with Gasteiger partial charge in [-0.2, -0.15) is 0 Å². The quantitative estimate of drug-likeness (QED) is 0.706. The molecule has 0 rings (SSSR count). The number of carbonyl (C=O) groups is 2. The summed E-state index contributed by atoms with van der Waals surface area (Å²) in [6.45, 7) is 3.50. The molecule has 0 unspecified atom stereocenters. The van der Waals surface area contributed by atoms with Gasteiger partial charge in [-0.05, 0) is 6.42 Å². The van der Waals surface area contributed by atoms with Crippen LogP contribution in [0, 0.1) is 0 Å². The Hall–Kier alpha value is -0.480. The SMILES string of the molecule is CC(N)=O.CCCCCCCCC(N)=O.Cl.Cl. The molecular formula is C11H26Cl2N2O2. The van der Waals surface area contributed by atoms with E-state index in [0.717, 1.165) is 12.8 Å². The maximum Gasteiger partial charge on any atom is 0.217 e. The van der Waals surface area contributed by atoms with Gasteiger partial charge in [0.2, 0.25) is 11.8 Å². The van der Waals surface area contributed by atoms with Crippen LogP contribution in [0.2, 0.25) is 0 Å². The van der Waals surface area contributed by atoms with Crippen LogP contribution in [-0.2, 0) is 9.59 Å². The largest absolute Gasteiger partial charge is 0.370 e. The molecule has 17 heavy (non-hydrogen) atoms. The van der Waals surface area contributed by atoms with Crippen LogP contribution in [0.3, 0.4) is 0 Å². The van der Waals surface area contributed by atoms with E-state index >= 15 is 0 Å². The fourth-order valence-electron chi connectivity index (χ4n) is 1.08. The fraction of sp³-hybridized carbons (Fsp3) is 0.818. The van der Waals surface area contributed by atoms with Crippen molar-refractivity contribution >= 4 is 36.6 Å². The fourth-order valence-corrected chi connectivity index (χ4v) is 1.08. The maximum absolute atomic E-state index is 10.3. The first-order valence-electron chi connectivity index (χ1n) is 5.55. The van der Waals surface area contributed by atoms with Crippen molar-refractivity contribution in [3.8, 4) is 0 Å². The van der Waals surface area contributed by atoms with E-state index in [1.807, 2.05) is 0 Å². The number of nitrogens with two attached hydrogens (primary N) is 2. The molecule has 0 saturated heterocycles. The summed E-state index contributed by atoms with van der Waals surface area (Å²) in [5.41, 5.74) is 9.47. The van der Waals surface area contributed by atoms with Crippen LogP contribution in [0.15, 0.2) is 0 Å². The van der Waals surface area contributed by atoms with E-state index in [-0.39, 0.29) is 36.6 Å². The lowest BCUT2D eigenvalue weighted by Gasteiger charge is -1.97. The molecule has 0 bridgehead atoms. The van der Waals surface area contributed by atoms with Gasteiger partial charge in [0.15, 0.2) is 0 Å². The van der Waals surface area contributed by atoms with Crippen molar-refractivity contribution in [2.24, 2.45) is 11.5 Å². The normalized spacial score (nSPS) is 7.88. The van der Waals surface area contributed by atoms with Crippen LogP contribution in [0.1, 0.15) is 58.8 Å². The van der Waals surface area contributed by atoms with E-state index in [1.54, 1.807) is 0 Å². The molecule has 0 aromatic heterocycles. The number of primary amides is 2. The summed E-state index contributed by atoms with van der Waals surface area (Å²) in [5, 5.41) is 0. The molecule has 6 heteroatoms. The van der Waals surface area contributed by atoms with Crippen molar-refractivity contribution in [2.75, 3.05) is 0 Å². The molecule has 4 nitrogen and oxygen atoms in total. The molecule has 0 aliphatic carbocycles.